The summed E-state index contributed by atoms with van der Waals surface area (Å²) in [5.74, 6) is -2.37. The number of benzene rings is 1. The van der Waals surface area contributed by atoms with E-state index < -0.39 is 30.7 Å². The largest absolute Gasteiger partial charge is 0.449 e. The molecule has 28 heavy (non-hydrogen) atoms. The van der Waals surface area contributed by atoms with Gasteiger partial charge < -0.3 is 9.64 Å². The number of fused-ring (bicyclic) bond motifs is 1. The van der Waals surface area contributed by atoms with E-state index in [0.29, 0.717) is 6.42 Å². The summed E-state index contributed by atoms with van der Waals surface area (Å²) in [6.07, 6.45) is -1.31. The highest BCUT2D eigenvalue weighted by atomic mass is 19.4. The molecule has 1 aliphatic rings. The van der Waals surface area contributed by atoms with Crippen molar-refractivity contribution < 1.29 is 27.5 Å². The van der Waals surface area contributed by atoms with E-state index in [4.69, 9.17) is 0 Å². The van der Waals surface area contributed by atoms with Gasteiger partial charge in [-0.3, -0.25) is 9.48 Å². The standard InChI is InChI=1S/C19H22F3N3O3/c1-3-24-10-14-8-13(5-6-15(14)23-24)16-7-4-12(2)9-25(16)17(26)18(27)28-11-19(20,21)22/h5-6,8,10,12,16H,3-4,7,9,11H2,1-2H3/t12-,16+/m0/s1. The summed E-state index contributed by atoms with van der Waals surface area (Å²) < 4.78 is 42.8. The second kappa shape index (κ2) is 7.81. The summed E-state index contributed by atoms with van der Waals surface area (Å²) in [7, 11) is 0. The lowest BCUT2D eigenvalue weighted by molar-refractivity contribution is -0.190. The SMILES string of the molecule is CCn1cc2cc([C@H]3CC[C@H](C)CN3C(=O)C(=O)OCC(F)(F)F)ccc2n1. The third-order valence-electron chi connectivity index (χ3n) is 4.90. The molecular weight excluding hydrogens is 375 g/mol. The molecule has 2 aromatic rings. The molecule has 0 aliphatic carbocycles. The first kappa shape index (κ1) is 20.2. The molecular formula is C19H22F3N3O3. The molecule has 2 heterocycles. The van der Waals surface area contributed by atoms with Crippen LogP contribution in [0.5, 0.6) is 0 Å². The molecule has 2 atom stereocenters. The Kier molecular flexibility index (Phi) is 5.62. The van der Waals surface area contributed by atoms with Crippen LogP contribution < -0.4 is 0 Å². The minimum Gasteiger partial charge on any atom is -0.449 e. The van der Waals surface area contributed by atoms with Gasteiger partial charge in [0.2, 0.25) is 0 Å². The van der Waals surface area contributed by atoms with Crippen molar-refractivity contribution in [3.8, 4) is 0 Å². The summed E-state index contributed by atoms with van der Waals surface area (Å²) in [5, 5.41) is 5.32. The molecule has 0 radical (unpaired) electrons. The minimum absolute atomic E-state index is 0.141. The number of ether oxygens (including phenoxy) is 1. The lowest BCUT2D eigenvalue weighted by Crippen LogP contribution is -2.45. The van der Waals surface area contributed by atoms with Crippen molar-refractivity contribution in [2.45, 2.75) is 45.5 Å². The average molecular weight is 397 g/mol. The Hall–Kier alpha value is -2.58. The first-order valence-corrected chi connectivity index (χ1v) is 9.19. The Labute approximate surface area is 160 Å². The molecule has 1 saturated heterocycles. The molecule has 0 unspecified atom stereocenters. The van der Waals surface area contributed by atoms with Crippen LogP contribution in [-0.4, -0.2) is 45.9 Å². The molecule has 152 valence electrons. The Morgan fingerprint density at radius 3 is 2.71 bits per heavy atom. The maximum Gasteiger partial charge on any atom is 0.422 e. The molecule has 1 aliphatic heterocycles. The van der Waals surface area contributed by atoms with Crippen LogP contribution >= 0.6 is 0 Å². The molecule has 1 fully saturated rings. The normalized spacial score (nSPS) is 20.4. The quantitative estimate of drug-likeness (QED) is 0.588. The van der Waals surface area contributed by atoms with Crippen molar-refractivity contribution in [3.63, 3.8) is 0 Å². The number of esters is 1. The molecule has 1 amide bonds. The fourth-order valence-corrected chi connectivity index (χ4v) is 3.51. The smallest absolute Gasteiger partial charge is 0.422 e. The second-order valence-corrected chi connectivity index (χ2v) is 7.15. The maximum absolute atomic E-state index is 12.5. The van der Waals surface area contributed by atoms with Crippen molar-refractivity contribution in [1.29, 1.82) is 0 Å². The van der Waals surface area contributed by atoms with Crippen molar-refractivity contribution in [3.05, 3.63) is 30.0 Å². The Bertz CT molecular complexity index is 878. The second-order valence-electron chi connectivity index (χ2n) is 7.15. The van der Waals surface area contributed by atoms with Gasteiger partial charge in [-0.1, -0.05) is 13.0 Å². The maximum atomic E-state index is 12.5. The van der Waals surface area contributed by atoms with Crippen molar-refractivity contribution in [2.75, 3.05) is 13.2 Å². The average Bonchev–Trinajstić information content (AvgIpc) is 3.07. The van der Waals surface area contributed by atoms with Crippen LogP contribution in [0, 0.1) is 5.92 Å². The number of hydrogen-bond donors (Lipinski definition) is 0. The van der Waals surface area contributed by atoms with E-state index in [1.165, 1.54) is 4.90 Å². The summed E-state index contributed by atoms with van der Waals surface area (Å²) >= 11 is 0. The number of halogens is 3. The van der Waals surface area contributed by atoms with Crippen LogP contribution in [0.2, 0.25) is 0 Å². The fourth-order valence-electron chi connectivity index (χ4n) is 3.51. The number of alkyl halides is 3. The molecule has 9 heteroatoms. The van der Waals surface area contributed by atoms with Gasteiger partial charge in [-0.25, -0.2) is 4.79 Å². The Morgan fingerprint density at radius 2 is 2.04 bits per heavy atom. The lowest BCUT2D eigenvalue weighted by atomic mass is 9.89. The summed E-state index contributed by atoms with van der Waals surface area (Å²) in [4.78, 5) is 25.8. The van der Waals surface area contributed by atoms with Crippen molar-refractivity contribution in [1.82, 2.24) is 14.7 Å². The van der Waals surface area contributed by atoms with E-state index in [0.717, 1.165) is 29.4 Å². The zero-order valence-electron chi connectivity index (χ0n) is 15.7. The Morgan fingerprint density at radius 1 is 1.29 bits per heavy atom. The summed E-state index contributed by atoms with van der Waals surface area (Å²) in [5.41, 5.74) is 1.64. The van der Waals surface area contributed by atoms with Crippen LogP contribution in [0.15, 0.2) is 24.4 Å². The molecule has 0 bridgehead atoms. The first-order chi connectivity index (χ1) is 13.2. The highest BCUT2D eigenvalue weighted by Crippen LogP contribution is 2.34. The van der Waals surface area contributed by atoms with E-state index in [-0.39, 0.29) is 12.5 Å². The topological polar surface area (TPSA) is 64.4 Å². The summed E-state index contributed by atoms with van der Waals surface area (Å²) in [6, 6.07) is 5.21. The van der Waals surface area contributed by atoms with Crippen LogP contribution in [0.25, 0.3) is 10.9 Å². The predicted molar refractivity (Wildman–Crippen MR) is 95.3 cm³/mol. The number of aromatic nitrogens is 2. The van der Waals surface area contributed by atoms with Crippen LogP contribution in [0.3, 0.4) is 0 Å². The number of nitrogens with zero attached hydrogens (tertiary/aromatic N) is 3. The number of rotatable bonds is 3. The van der Waals surface area contributed by atoms with Crippen LogP contribution in [0.4, 0.5) is 13.2 Å². The molecule has 6 nitrogen and oxygen atoms in total. The van der Waals surface area contributed by atoms with E-state index in [1.54, 1.807) is 4.68 Å². The fraction of sp³-hybridized carbons (Fsp3) is 0.526. The number of aryl methyl sites for hydroxylation is 1. The van der Waals surface area contributed by atoms with Gasteiger partial charge in [0, 0.05) is 24.7 Å². The minimum atomic E-state index is -4.67. The van der Waals surface area contributed by atoms with Gasteiger partial charge in [-0.2, -0.15) is 18.3 Å². The van der Waals surface area contributed by atoms with Crippen LogP contribution in [0.1, 0.15) is 38.3 Å². The van der Waals surface area contributed by atoms with Gasteiger partial charge in [-0.15, -0.1) is 0 Å². The zero-order chi connectivity index (χ0) is 20.5. The molecule has 3 rings (SSSR count). The first-order valence-electron chi connectivity index (χ1n) is 9.19. The van der Waals surface area contributed by atoms with E-state index in [9.17, 15) is 22.8 Å². The van der Waals surface area contributed by atoms with Crippen molar-refractivity contribution in [2.24, 2.45) is 5.92 Å². The number of amides is 1. The van der Waals surface area contributed by atoms with Gasteiger partial charge >= 0.3 is 18.1 Å². The molecule has 1 aromatic heterocycles. The molecule has 0 N–H and O–H groups in total. The van der Waals surface area contributed by atoms with E-state index in [2.05, 4.69) is 9.84 Å². The van der Waals surface area contributed by atoms with Gasteiger partial charge in [0.1, 0.15) is 0 Å². The number of hydrogen-bond acceptors (Lipinski definition) is 4. The number of carbonyl (C=O) groups is 2. The van der Waals surface area contributed by atoms with Crippen molar-refractivity contribution >= 4 is 22.8 Å². The highest BCUT2D eigenvalue weighted by Gasteiger charge is 2.37. The van der Waals surface area contributed by atoms with Gasteiger partial charge in [0.15, 0.2) is 6.61 Å². The number of piperidine rings is 1. The Balaban J connectivity index is 1.83. The number of likely N-dealkylation sites (tertiary alicyclic amines) is 1. The zero-order valence-corrected chi connectivity index (χ0v) is 15.7. The summed E-state index contributed by atoms with van der Waals surface area (Å²) in [6.45, 7) is 3.15. The van der Waals surface area contributed by atoms with Gasteiger partial charge in [0.25, 0.3) is 0 Å². The molecule has 0 spiro atoms. The molecule has 0 saturated carbocycles. The third kappa shape index (κ3) is 4.45. The van der Waals surface area contributed by atoms with Crippen LogP contribution in [-0.2, 0) is 20.9 Å². The highest BCUT2D eigenvalue weighted by molar-refractivity contribution is 6.32. The monoisotopic (exact) mass is 397 g/mol. The number of carbonyl (C=O) groups excluding carboxylic acids is 2. The molecule has 1 aromatic carbocycles. The van der Waals surface area contributed by atoms with Gasteiger partial charge in [0.05, 0.1) is 11.6 Å². The third-order valence-corrected chi connectivity index (χ3v) is 4.90. The van der Waals surface area contributed by atoms with E-state index >= 15 is 0 Å². The lowest BCUT2D eigenvalue weighted by Gasteiger charge is -2.38. The predicted octanol–water partition coefficient (Wildman–Crippen LogP) is 3.46. The van der Waals surface area contributed by atoms with E-state index in [1.807, 2.05) is 38.2 Å². The van der Waals surface area contributed by atoms with Gasteiger partial charge in [-0.05, 0) is 43.4 Å².